The van der Waals surface area contributed by atoms with Crippen molar-refractivity contribution in [1.29, 1.82) is 5.26 Å². The molecule has 8 heteroatoms. The smallest absolute Gasteiger partial charge is 0.357 e. The van der Waals surface area contributed by atoms with Gasteiger partial charge in [-0.25, -0.2) is 9.78 Å². The normalized spacial score (nSPS) is 10.4. The van der Waals surface area contributed by atoms with Gasteiger partial charge in [-0.2, -0.15) is 5.26 Å². The van der Waals surface area contributed by atoms with Crippen molar-refractivity contribution >= 4 is 23.3 Å². The molecule has 1 aromatic carbocycles. The highest BCUT2D eigenvalue weighted by Crippen LogP contribution is 2.31. The van der Waals surface area contributed by atoms with Gasteiger partial charge in [0.15, 0.2) is 5.69 Å². The van der Waals surface area contributed by atoms with Crippen LogP contribution in [-0.4, -0.2) is 27.2 Å². The van der Waals surface area contributed by atoms with Crippen LogP contribution in [0.3, 0.4) is 0 Å². The maximum atomic E-state index is 12.2. The van der Waals surface area contributed by atoms with Crippen LogP contribution in [0.25, 0.3) is 11.4 Å². The van der Waals surface area contributed by atoms with Crippen LogP contribution in [0.15, 0.2) is 43.1 Å². The fourth-order valence-corrected chi connectivity index (χ4v) is 2.72. The summed E-state index contributed by atoms with van der Waals surface area (Å²) in [5, 5.41) is 9.68. The number of nitriles is 1. The molecule has 0 spiro atoms. The van der Waals surface area contributed by atoms with Gasteiger partial charge in [0.2, 0.25) is 0 Å². The molecule has 7 nitrogen and oxygen atoms in total. The number of imidazole rings is 1. The number of hydrogen-bond donors (Lipinski definition) is 1. The van der Waals surface area contributed by atoms with E-state index in [1.54, 1.807) is 41.5 Å². The van der Waals surface area contributed by atoms with Crippen LogP contribution in [-0.2, 0) is 4.74 Å². The third-order valence-electron chi connectivity index (χ3n) is 3.53. The molecule has 0 aliphatic heterocycles. The molecule has 2 heterocycles. The Kier molecular flexibility index (Phi) is 3.98. The second-order valence-corrected chi connectivity index (χ2v) is 5.26. The van der Waals surface area contributed by atoms with E-state index in [0.29, 0.717) is 16.4 Å². The van der Waals surface area contributed by atoms with Crippen molar-refractivity contribution in [2.45, 2.75) is 0 Å². The van der Waals surface area contributed by atoms with Crippen molar-refractivity contribution in [3.05, 3.63) is 59.4 Å². The minimum atomic E-state index is -0.648. The average Bonchev–Trinajstić information content (AvgIpc) is 3.21. The Morgan fingerprint density at radius 3 is 2.88 bits per heavy atom. The number of hydrogen-bond acceptors (Lipinski definition) is 5. The monoisotopic (exact) mass is 341 g/mol. The van der Waals surface area contributed by atoms with Gasteiger partial charge in [0.25, 0.3) is 0 Å². The first-order valence-electron chi connectivity index (χ1n) is 6.85. The summed E-state index contributed by atoms with van der Waals surface area (Å²) >= 11 is 6.34. The molecule has 2 N–H and O–H groups in total. The zero-order valence-corrected chi connectivity index (χ0v) is 13.4. The van der Waals surface area contributed by atoms with E-state index < -0.39 is 5.97 Å². The highest BCUT2D eigenvalue weighted by molar-refractivity contribution is 6.32. The standard InChI is InChI=1S/C16H12ClN5O2/c1-24-16(23)15-13(19)10(7-18)8-22(15)12-4-2-3-11(17)14(12)21-6-5-20-9-21/h2-6,8-9H,19H2,1H3. The number of methoxy groups -OCH3 is 1. The van der Waals surface area contributed by atoms with Gasteiger partial charge < -0.3 is 19.6 Å². The topological polar surface area (TPSA) is 98.9 Å². The number of nitrogens with two attached hydrogens (primary N) is 1. The lowest BCUT2D eigenvalue weighted by molar-refractivity contribution is 0.0593. The predicted octanol–water partition coefficient (Wildman–Crippen LogP) is 2.56. The second-order valence-electron chi connectivity index (χ2n) is 4.86. The van der Waals surface area contributed by atoms with Gasteiger partial charge in [0.05, 0.1) is 41.1 Å². The van der Waals surface area contributed by atoms with E-state index in [2.05, 4.69) is 4.98 Å². The molecule has 0 saturated heterocycles. The van der Waals surface area contributed by atoms with E-state index in [9.17, 15) is 10.1 Å². The lowest BCUT2D eigenvalue weighted by atomic mass is 10.2. The first-order chi connectivity index (χ1) is 11.6. The molecule has 0 aliphatic carbocycles. The summed E-state index contributed by atoms with van der Waals surface area (Å²) < 4.78 is 8.01. The van der Waals surface area contributed by atoms with Crippen LogP contribution >= 0.6 is 11.6 Å². The Balaban J connectivity index is 2.34. The first kappa shape index (κ1) is 15.6. The summed E-state index contributed by atoms with van der Waals surface area (Å²) in [7, 11) is 1.25. The van der Waals surface area contributed by atoms with E-state index >= 15 is 0 Å². The number of esters is 1. The molecular formula is C16H12ClN5O2. The van der Waals surface area contributed by atoms with Crippen molar-refractivity contribution in [2.24, 2.45) is 0 Å². The van der Waals surface area contributed by atoms with Gasteiger partial charge >= 0.3 is 5.97 Å². The summed E-state index contributed by atoms with van der Waals surface area (Å²) in [4.78, 5) is 16.2. The summed E-state index contributed by atoms with van der Waals surface area (Å²) in [6.45, 7) is 0. The summed E-state index contributed by atoms with van der Waals surface area (Å²) in [6.07, 6.45) is 6.40. The number of anilines is 1. The Labute approximate surface area is 142 Å². The van der Waals surface area contributed by atoms with E-state index in [-0.39, 0.29) is 16.9 Å². The minimum Gasteiger partial charge on any atom is -0.464 e. The third-order valence-corrected chi connectivity index (χ3v) is 3.84. The molecule has 2 aromatic heterocycles. The van der Waals surface area contributed by atoms with Crippen LogP contribution in [0.5, 0.6) is 0 Å². The van der Waals surface area contributed by atoms with Gasteiger partial charge in [-0.1, -0.05) is 17.7 Å². The van der Waals surface area contributed by atoms with Crippen LogP contribution in [0.2, 0.25) is 5.02 Å². The molecule has 3 rings (SSSR count). The van der Waals surface area contributed by atoms with E-state index in [4.69, 9.17) is 22.1 Å². The fourth-order valence-electron chi connectivity index (χ4n) is 2.45. The predicted molar refractivity (Wildman–Crippen MR) is 88.4 cm³/mol. The Bertz CT molecular complexity index is 954. The van der Waals surface area contributed by atoms with Crippen molar-refractivity contribution in [3.63, 3.8) is 0 Å². The lowest BCUT2D eigenvalue weighted by Gasteiger charge is -2.15. The first-order valence-corrected chi connectivity index (χ1v) is 7.22. The highest BCUT2D eigenvalue weighted by atomic mass is 35.5. The SMILES string of the molecule is COC(=O)c1c(N)c(C#N)cn1-c1cccc(Cl)c1-n1ccnc1. The number of carbonyl (C=O) groups is 1. The molecule has 0 aliphatic rings. The van der Waals surface area contributed by atoms with E-state index in [1.165, 1.54) is 17.9 Å². The molecule has 0 unspecified atom stereocenters. The van der Waals surface area contributed by atoms with Crippen molar-refractivity contribution in [2.75, 3.05) is 12.8 Å². The highest BCUT2D eigenvalue weighted by Gasteiger charge is 2.24. The zero-order chi connectivity index (χ0) is 17.3. The molecule has 0 radical (unpaired) electrons. The number of para-hydroxylation sites is 1. The number of carbonyl (C=O) groups excluding carboxylic acids is 1. The van der Waals surface area contributed by atoms with Crippen molar-refractivity contribution < 1.29 is 9.53 Å². The van der Waals surface area contributed by atoms with Crippen molar-refractivity contribution in [1.82, 2.24) is 14.1 Å². The number of aromatic nitrogens is 3. The second kappa shape index (κ2) is 6.10. The quantitative estimate of drug-likeness (QED) is 0.738. The maximum absolute atomic E-state index is 12.2. The summed E-state index contributed by atoms with van der Waals surface area (Å²) in [5.74, 6) is -0.648. The number of nitrogens with zero attached hydrogens (tertiary/aromatic N) is 4. The van der Waals surface area contributed by atoms with Crippen LogP contribution < -0.4 is 5.73 Å². The van der Waals surface area contributed by atoms with E-state index in [1.807, 2.05) is 6.07 Å². The van der Waals surface area contributed by atoms with Crippen LogP contribution in [0.1, 0.15) is 16.1 Å². The third kappa shape index (κ3) is 2.39. The number of benzene rings is 1. The Hall–Kier alpha value is -3.24. The fraction of sp³-hybridized carbons (Fsp3) is 0.0625. The average molecular weight is 342 g/mol. The summed E-state index contributed by atoms with van der Waals surface area (Å²) in [5.41, 5.74) is 7.40. The molecule has 0 bridgehead atoms. The molecule has 0 fully saturated rings. The molecule has 0 atom stereocenters. The lowest BCUT2D eigenvalue weighted by Crippen LogP contribution is -2.12. The minimum absolute atomic E-state index is 0.0564. The number of halogens is 1. The number of rotatable bonds is 3. The van der Waals surface area contributed by atoms with E-state index in [0.717, 1.165) is 0 Å². The van der Waals surface area contributed by atoms with Gasteiger partial charge in [-0.3, -0.25) is 0 Å². The molecule has 24 heavy (non-hydrogen) atoms. The molecule has 0 saturated carbocycles. The zero-order valence-electron chi connectivity index (χ0n) is 12.6. The molecular weight excluding hydrogens is 330 g/mol. The van der Waals surface area contributed by atoms with Crippen LogP contribution in [0.4, 0.5) is 5.69 Å². The molecule has 0 amide bonds. The Morgan fingerprint density at radius 2 is 2.25 bits per heavy atom. The number of nitrogen functional groups attached to an aromatic ring is 1. The van der Waals surface area contributed by atoms with Crippen LogP contribution in [0, 0.1) is 11.3 Å². The largest absolute Gasteiger partial charge is 0.464 e. The maximum Gasteiger partial charge on any atom is 0.357 e. The molecule has 3 aromatic rings. The Morgan fingerprint density at radius 1 is 1.46 bits per heavy atom. The summed E-state index contributed by atoms with van der Waals surface area (Å²) in [6, 6.07) is 7.18. The van der Waals surface area contributed by atoms with Gasteiger partial charge in [0, 0.05) is 18.6 Å². The van der Waals surface area contributed by atoms with Crippen molar-refractivity contribution in [3.8, 4) is 17.4 Å². The van der Waals surface area contributed by atoms with Gasteiger partial charge in [-0.15, -0.1) is 0 Å². The van der Waals surface area contributed by atoms with Gasteiger partial charge in [-0.05, 0) is 12.1 Å². The van der Waals surface area contributed by atoms with Gasteiger partial charge in [0.1, 0.15) is 6.07 Å². The molecule has 120 valence electrons. The number of ether oxygens (including phenoxy) is 1.